The van der Waals surface area contributed by atoms with Gasteiger partial charge in [0.25, 0.3) is 5.91 Å². The van der Waals surface area contributed by atoms with E-state index in [9.17, 15) is 4.79 Å². The molecule has 0 spiro atoms. The summed E-state index contributed by atoms with van der Waals surface area (Å²) in [5, 5.41) is 3.22. The number of hydrogen-bond acceptors (Lipinski definition) is 4. The van der Waals surface area contributed by atoms with Crippen molar-refractivity contribution in [2.75, 3.05) is 18.4 Å². The lowest BCUT2D eigenvalue weighted by molar-refractivity contribution is 0.0749. The molecule has 0 saturated carbocycles. The van der Waals surface area contributed by atoms with Crippen molar-refractivity contribution in [1.29, 1.82) is 0 Å². The Morgan fingerprint density at radius 3 is 2.50 bits per heavy atom. The average molecular weight is 326 g/mol. The Kier molecular flexibility index (Phi) is 6.29. The van der Waals surface area contributed by atoms with Gasteiger partial charge < -0.3 is 10.2 Å². The van der Waals surface area contributed by atoms with Crippen molar-refractivity contribution in [3.05, 3.63) is 47.3 Å². The Labute approximate surface area is 144 Å². The van der Waals surface area contributed by atoms with E-state index in [0.717, 1.165) is 37.2 Å². The smallest absolute Gasteiger partial charge is 0.272 e. The summed E-state index contributed by atoms with van der Waals surface area (Å²) in [5.41, 5.74) is 3.74. The van der Waals surface area contributed by atoms with Gasteiger partial charge in [-0.1, -0.05) is 26.0 Å². The van der Waals surface area contributed by atoms with Crippen molar-refractivity contribution in [2.45, 2.75) is 40.5 Å². The van der Waals surface area contributed by atoms with E-state index in [2.05, 4.69) is 49.0 Å². The summed E-state index contributed by atoms with van der Waals surface area (Å²) < 4.78 is 0. The lowest BCUT2D eigenvalue weighted by Crippen LogP contribution is -2.33. The summed E-state index contributed by atoms with van der Waals surface area (Å²) >= 11 is 0. The monoisotopic (exact) mass is 326 g/mol. The predicted molar refractivity (Wildman–Crippen MR) is 97.7 cm³/mol. The van der Waals surface area contributed by atoms with Gasteiger partial charge >= 0.3 is 0 Å². The largest absolute Gasteiger partial charge is 0.337 e. The molecule has 24 heavy (non-hydrogen) atoms. The Morgan fingerprint density at radius 2 is 1.83 bits per heavy atom. The van der Waals surface area contributed by atoms with E-state index in [1.165, 1.54) is 5.56 Å². The van der Waals surface area contributed by atoms with E-state index >= 15 is 0 Å². The van der Waals surface area contributed by atoms with E-state index in [0.29, 0.717) is 11.6 Å². The molecule has 0 aliphatic rings. The third kappa shape index (κ3) is 4.31. The number of aryl methyl sites for hydroxylation is 1. The molecule has 128 valence electrons. The zero-order valence-corrected chi connectivity index (χ0v) is 15.0. The molecule has 1 aromatic carbocycles. The van der Waals surface area contributed by atoms with Crippen molar-refractivity contribution in [3.63, 3.8) is 0 Å². The highest BCUT2D eigenvalue weighted by atomic mass is 16.2. The van der Waals surface area contributed by atoms with Crippen molar-refractivity contribution in [3.8, 4) is 0 Å². The minimum atomic E-state index is -0.0369. The molecule has 0 fully saturated rings. The second-order valence-electron chi connectivity index (χ2n) is 5.93. The Morgan fingerprint density at radius 1 is 1.12 bits per heavy atom. The number of aromatic nitrogens is 2. The first-order valence-electron chi connectivity index (χ1n) is 8.52. The summed E-state index contributed by atoms with van der Waals surface area (Å²) in [4.78, 5) is 23.2. The Hall–Kier alpha value is -2.43. The van der Waals surface area contributed by atoms with E-state index < -0.39 is 0 Å². The van der Waals surface area contributed by atoms with Crippen LogP contribution < -0.4 is 5.32 Å². The number of nitrogens with one attached hydrogen (secondary N) is 1. The maximum Gasteiger partial charge on any atom is 0.272 e. The van der Waals surface area contributed by atoms with Crippen LogP contribution in [0.15, 0.2) is 30.5 Å². The molecule has 2 aromatic rings. The summed E-state index contributed by atoms with van der Waals surface area (Å²) in [5.74, 6) is 0.410. The molecule has 0 saturated heterocycles. The number of hydrogen-bond donors (Lipinski definition) is 1. The van der Waals surface area contributed by atoms with Gasteiger partial charge in [0.15, 0.2) is 0 Å². The standard InChI is InChI=1S/C19H26N4O/c1-5-12-23(13-6-2)18(24)17-10-11-20-19(22-17)21-16-9-7-8-14(3)15(16)4/h7-11H,5-6,12-13H2,1-4H3,(H,20,21,22). The van der Waals surface area contributed by atoms with Crippen LogP contribution in [0.2, 0.25) is 0 Å². The molecule has 1 amide bonds. The van der Waals surface area contributed by atoms with Crippen LogP contribution in [0.25, 0.3) is 0 Å². The first-order valence-corrected chi connectivity index (χ1v) is 8.52. The summed E-state index contributed by atoms with van der Waals surface area (Å²) in [6.45, 7) is 9.76. The van der Waals surface area contributed by atoms with Gasteiger partial charge in [-0.15, -0.1) is 0 Å². The quantitative estimate of drug-likeness (QED) is 0.832. The van der Waals surface area contributed by atoms with E-state index in [1.807, 2.05) is 17.0 Å². The lowest BCUT2D eigenvalue weighted by atomic mass is 10.1. The van der Waals surface area contributed by atoms with Crippen LogP contribution in [0.3, 0.4) is 0 Å². The number of amides is 1. The molecule has 0 bridgehead atoms. The number of rotatable bonds is 7. The molecular formula is C19H26N4O. The van der Waals surface area contributed by atoms with Gasteiger partial charge in [0.1, 0.15) is 5.69 Å². The minimum Gasteiger partial charge on any atom is -0.337 e. The highest BCUT2D eigenvalue weighted by Crippen LogP contribution is 2.21. The Balaban J connectivity index is 2.22. The van der Waals surface area contributed by atoms with Gasteiger partial charge in [-0.25, -0.2) is 9.97 Å². The van der Waals surface area contributed by atoms with Gasteiger partial charge in [-0.05, 0) is 49.9 Å². The van der Waals surface area contributed by atoms with Crippen LogP contribution in [-0.4, -0.2) is 33.9 Å². The molecule has 5 nitrogen and oxygen atoms in total. The van der Waals surface area contributed by atoms with Crippen LogP contribution in [0.4, 0.5) is 11.6 Å². The fraction of sp³-hybridized carbons (Fsp3) is 0.421. The van der Waals surface area contributed by atoms with Gasteiger partial charge in [0.2, 0.25) is 5.95 Å². The summed E-state index contributed by atoms with van der Waals surface area (Å²) in [7, 11) is 0. The SMILES string of the molecule is CCCN(CCC)C(=O)c1ccnc(Nc2cccc(C)c2C)n1. The van der Waals surface area contributed by atoms with Crippen LogP contribution in [0.5, 0.6) is 0 Å². The van der Waals surface area contributed by atoms with Gasteiger partial charge in [0, 0.05) is 25.0 Å². The molecule has 0 unspecified atom stereocenters. The number of carbonyl (C=O) groups excluding carboxylic acids is 1. The maximum atomic E-state index is 12.7. The zero-order chi connectivity index (χ0) is 17.5. The second-order valence-corrected chi connectivity index (χ2v) is 5.93. The van der Waals surface area contributed by atoms with Crippen molar-refractivity contribution < 1.29 is 4.79 Å². The highest BCUT2D eigenvalue weighted by molar-refractivity contribution is 5.92. The molecule has 1 aromatic heterocycles. The molecule has 1 N–H and O–H groups in total. The molecule has 5 heteroatoms. The molecule has 0 aliphatic carbocycles. The molecule has 1 heterocycles. The third-order valence-corrected chi connectivity index (χ3v) is 4.00. The number of anilines is 2. The van der Waals surface area contributed by atoms with Crippen molar-refractivity contribution in [2.24, 2.45) is 0 Å². The maximum absolute atomic E-state index is 12.7. The summed E-state index contributed by atoms with van der Waals surface area (Å²) in [6.07, 6.45) is 3.50. The van der Waals surface area contributed by atoms with Crippen molar-refractivity contribution >= 4 is 17.5 Å². The first-order chi connectivity index (χ1) is 11.6. The number of nitrogens with zero attached hydrogens (tertiary/aromatic N) is 3. The van der Waals surface area contributed by atoms with E-state index in [1.54, 1.807) is 12.3 Å². The molecular weight excluding hydrogens is 300 g/mol. The first kappa shape index (κ1) is 17.9. The fourth-order valence-corrected chi connectivity index (χ4v) is 2.56. The molecule has 0 atom stereocenters. The van der Waals surface area contributed by atoms with Crippen molar-refractivity contribution in [1.82, 2.24) is 14.9 Å². The average Bonchev–Trinajstić information content (AvgIpc) is 2.58. The van der Waals surface area contributed by atoms with Gasteiger partial charge in [0.05, 0.1) is 0 Å². The number of carbonyl (C=O) groups is 1. The minimum absolute atomic E-state index is 0.0369. The zero-order valence-electron chi connectivity index (χ0n) is 15.0. The van der Waals surface area contributed by atoms with Crippen LogP contribution in [0, 0.1) is 13.8 Å². The van der Waals surface area contributed by atoms with Crippen LogP contribution in [0.1, 0.15) is 48.3 Å². The number of benzene rings is 1. The molecule has 2 rings (SSSR count). The third-order valence-electron chi connectivity index (χ3n) is 4.00. The van der Waals surface area contributed by atoms with Gasteiger partial charge in [-0.2, -0.15) is 0 Å². The van der Waals surface area contributed by atoms with Gasteiger partial charge in [-0.3, -0.25) is 4.79 Å². The highest BCUT2D eigenvalue weighted by Gasteiger charge is 2.16. The normalized spacial score (nSPS) is 10.5. The van der Waals surface area contributed by atoms with E-state index in [4.69, 9.17) is 0 Å². The van der Waals surface area contributed by atoms with E-state index in [-0.39, 0.29) is 5.91 Å². The molecule has 0 radical (unpaired) electrons. The second kappa shape index (κ2) is 8.43. The fourth-order valence-electron chi connectivity index (χ4n) is 2.56. The van der Waals surface area contributed by atoms with Crippen LogP contribution >= 0.6 is 0 Å². The molecule has 0 aliphatic heterocycles. The Bertz CT molecular complexity index is 694. The topological polar surface area (TPSA) is 58.1 Å². The lowest BCUT2D eigenvalue weighted by Gasteiger charge is -2.21. The summed E-state index contributed by atoms with van der Waals surface area (Å²) in [6, 6.07) is 7.72. The van der Waals surface area contributed by atoms with Crippen LogP contribution in [-0.2, 0) is 0 Å². The predicted octanol–water partition coefficient (Wildman–Crippen LogP) is 4.10.